The van der Waals surface area contributed by atoms with E-state index in [1.807, 2.05) is 18.2 Å². The fraction of sp³-hybridized carbons (Fsp3) is 0.400. The molecule has 1 saturated heterocycles. The molecule has 0 radical (unpaired) electrons. The topological polar surface area (TPSA) is 58.6 Å². The average Bonchev–Trinajstić information content (AvgIpc) is 3.40. The molecule has 2 atom stereocenters. The van der Waals surface area contributed by atoms with Gasteiger partial charge in [-0.25, -0.2) is 0 Å². The van der Waals surface area contributed by atoms with Crippen LogP contribution in [-0.2, 0) is 11.2 Å². The number of benzene rings is 2. The molecule has 4 rings (SSSR count). The van der Waals surface area contributed by atoms with Gasteiger partial charge in [0.05, 0.1) is 26.7 Å². The van der Waals surface area contributed by atoms with Crippen molar-refractivity contribution >= 4 is 16.8 Å². The Kier molecular flexibility index (Phi) is 6.38. The van der Waals surface area contributed by atoms with Crippen LogP contribution in [0.2, 0.25) is 0 Å². The van der Waals surface area contributed by atoms with E-state index >= 15 is 0 Å². The number of carbonyl (C=O) groups is 1. The second kappa shape index (κ2) is 9.35. The van der Waals surface area contributed by atoms with E-state index in [0.29, 0.717) is 18.9 Å². The van der Waals surface area contributed by atoms with Crippen LogP contribution in [-0.4, -0.2) is 43.7 Å². The maximum Gasteiger partial charge on any atom is 0.220 e. The third-order valence-corrected chi connectivity index (χ3v) is 6.42. The number of aromatic amines is 1. The van der Waals surface area contributed by atoms with Crippen molar-refractivity contribution in [1.82, 2.24) is 10.3 Å². The van der Waals surface area contributed by atoms with Gasteiger partial charge in [0, 0.05) is 35.9 Å². The summed E-state index contributed by atoms with van der Waals surface area (Å²) < 4.78 is 5.29. The summed E-state index contributed by atoms with van der Waals surface area (Å²) in [6.07, 6.45) is 3.70. The highest BCUT2D eigenvalue weighted by Crippen LogP contribution is 2.32. The summed E-state index contributed by atoms with van der Waals surface area (Å²) in [5.74, 6) is 0.981. The molecule has 3 aromatic rings. The van der Waals surface area contributed by atoms with Crippen molar-refractivity contribution in [3.05, 3.63) is 54.1 Å². The van der Waals surface area contributed by atoms with Crippen LogP contribution in [0.15, 0.2) is 48.5 Å². The van der Waals surface area contributed by atoms with Gasteiger partial charge in [-0.3, -0.25) is 4.79 Å². The van der Waals surface area contributed by atoms with Gasteiger partial charge in [0.2, 0.25) is 5.91 Å². The normalized spacial score (nSPS) is 18.6. The highest BCUT2D eigenvalue weighted by atomic mass is 16.5. The average molecular weight is 407 g/mol. The Labute approximate surface area is 178 Å². The highest BCUT2D eigenvalue weighted by molar-refractivity contribution is 5.91. The van der Waals surface area contributed by atoms with E-state index < -0.39 is 0 Å². The predicted octanol–water partition coefficient (Wildman–Crippen LogP) is 2.96. The van der Waals surface area contributed by atoms with E-state index in [1.54, 1.807) is 12.0 Å². The van der Waals surface area contributed by atoms with Crippen LogP contribution >= 0.6 is 0 Å². The third kappa shape index (κ3) is 4.36. The molecular weight excluding hydrogens is 374 g/mol. The number of para-hydroxylation sites is 1. The Morgan fingerprint density at radius 3 is 2.77 bits per heavy atom. The number of ether oxygens (including phenoxy) is 1. The molecule has 30 heavy (non-hydrogen) atoms. The Hall–Kier alpha value is -2.79. The number of H-pyrrole nitrogens is 1. The molecule has 1 amide bonds. The maximum atomic E-state index is 12.6. The molecule has 1 aliphatic heterocycles. The lowest BCUT2D eigenvalue weighted by atomic mass is 10.0. The number of hydrogen-bond acceptors (Lipinski definition) is 2. The quantitative estimate of drug-likeness (QED) is 0.539. The van der Waals surface area contributed by atoms with Gasteiger partial charge in [-0.05, 0) is 54.8 Å². The Bertz CT molecular complexity index is 993. The molecule has 1 aromatic heterocycles. The fourth-order valence-electron chi connectivity index (χ4n) is 4.72. The minimum Gasteiger partial charge on any atom is -0.497 e. The van der Waals surface area contributed by atoms with Crippen molar-refractivity contribution in [2.75, 3.05) is 26.7 Å². The van der Waals surface area contributed by atoms with Gasteiger partial charge in [-0.1, -0.05) is 18.2 Å². The van der Waals surface area contributed by atoms with Gasteiger partial charge in [0.1, 0.15) is 11.8 Å². The van der Waals surface area contributed by atoms with Crippen LogP contribution in [0.4, 0.5) is 0 Å². The first-order valence-corrected chi connectivity index (χ1v) is 11.0. The molecule has 1 fully saturated rings. The maximum absolute atomic E-state index is 12.6. The molecule has 158 valence electrons. The van der Waals surface area contributed by atoms with E-state index in [-0.39, 0.29) is 5.91 Å². The van der Waals surface area contributed by atoms with Crippen LogP contribution in [0.25, 0.3) is 22.2 Å². The molecule has 5 heteroatoms. The number of fused-ring (bicyclic) bond motifs is 1. The van der Waals surface area contributed by atoms with Gasteiger partial charge < -0.3 is 19.9 Å². The van der Waals surface area contributed by atoms with E-state index in [1.165, 1.54) is 30.3 Å². The summed E-state index contributed by atoms with van der Waals surface area (Å²) in [7, 11) is 1.68. The molecule has 1 unspecified atom stereocenters. The Balaban J connectivity index is 1.48. The van der Waals surface area contributed by atoms with Crippen molar-refractivity contribution in [3.63, 3.8) is 0 Å². The number of rotatable bonds is 8. The van der Waals surface area contributed by atoms with E-state index in [2.05, 4.69) is 47.6 Å². The van der Waals surface area contributed by atoms with E-state index in [9.17, 15) is 4.79 Å². The van der Waals surface area contributed by atoms with Crippen LogP contribution in [0, 0.1) is 0 Å². The van der Waals surface area contributed by atoms with Crippen LogP contribution in [0.5, 0.6) is 5.75 Å². The van der Waals surface area contributed by atoms with Gasteiger partial charge in [-0.15, -0.1) is 0 Å². The number of hydrogen-bond donors (Lipinski definition) is 3. The molecular formula is C25H32N3O2+. The van der Waals surface area contributed by atoms with Gasteiger partial charge >= 0.3 is 0 Å². The first-order chi connectivity index (χ1) is 14.7. The molecule has 0 bridgehead atoms. The van der Waals surface area contributed by atoms with Crippen LogP contribution in [0.1, 0.15) is 31.7 Å². The zero-order chi connectivity index (χ0) is 20.9. The minimum atomic E-state index is 0.142. The van der Waals surface area contributed by atoms with Crippen LogP contribution in [0.3, 0.4) is 0 Å². The van der Waals surface area contributed by atoms with Crippen molar-refractivity contribution in [2.45, 2.75) is 38.6 Å². The first kappa shape index (κ1) is 20.5. The summed E-state index contributed by atoms with van der Waals surface area (Å²) in [6, 6.07) is 17.0. The standard InChI is InChI=1S/C25H31N3O2/c1-3-28-16-6-7-19(28)17-26-24(29)15-14-22-21-8-4-5-9-23(21)27-25(22)18-10-12-20(30-2)13-11-18/h4-5,8-13,19,27H,3,6-7,14-17H2,1-2H3,(H,26,29)/p+1/t19-/m1/s1. The molecule has 2 heterocycles. The van der Waals surface area contributed by atoms with Gasteiger partial charge in [-0.2, -0.15) is 0 Å². The van der Waals surface area contributed by atoms with Crippen molar-refractivity contribution in [2.24, 2.45) is 0 Å². The predicted molar refractivity (Wildman–Crippen MR) is 121 cm³/mol. The summed E-state index contributed by atoms with van der Waals surface area (Å²) in [5.41, 5.74) is 4.50. The number of quaternary nitrogens is 1. The smallest absolute Gasteiger partial charge is 0.220 e. The zero-order valence-electron chi connectivity index (χ0n) is 18.0. The van der Waals surface area contributed by atoms with Crippen molar-refractivity contribution < 1.29 is 14.4 Å². The third-order valence-electron chi connectivity index (χ3n) is 6.42. The molecule has 2 aromatic carbocycles. The highest BCUT2D eigenvalue weighted by Gasteiger charge is 2.27. The Morgan fingerprint density at radius 1 is 1.20 bits per heavy atom. The van der Waals surface area contributed by atoms with E-state index in [4.69, 9.17) is 4.74 Å². The largest absolute Gasteiger partial charge is 0.497 e. The van der Waals surface area contributed by atoms with Gasteiger partial charge in [0.15, 0.2) is 0 Å². The number of nitrogens with one attached hydrogen (secondary N) is 3. The molecule has 0 saturated carbocycles. The summed E-state index contributed by atoms with van der Waals surface area (Å²) in [6.45, 7) is 5.40. The lowest BCUT2D eigenvalue weighted by Crippen LogP contribution is -3.14. The van der Waals surface area contributed by atoms with Crippen molar-refractivity contribution in [1.29, 1.82) is 0 Å². The zero-order valence-corrected chi connectivity index (χ0v) is 18.0. The minimum absolute atomic E-state index is 0.142. The van der Waals surface area contributed by atoms with E-state index in [0.717, 1.165) is 35.6 Å². The number of aryl methyl sites for hydroxylation is 1. The monoisotopic (exact) mass is 406 g/mol. The summed E-state index contributed by atoms with van der Waals surface area (Å²) in [5, 5.41) is 4.38. The number of amides is 1. The number of carbonyl (C=O) groups excluding carboxylic acids is 1. The first-order valence-electron chi connectivity index (χ1n) is 11.0. The number of aromatic nitrogens is 1. The van der Waals surface area contributed by atoms with Crippen molar-refractivity contribution in [3.8, 4) is 17.0 Å². The summed E-state index contributed by atoms with van der Waals surface area (Å²) in [4.78, 5) is 17.8. The molecule has 3 N–H and O–H groups in total. The second-order valence-corrected chi connectivity index (χ2v) is 8.16. The summed E-state index contributed by atoms with van der Waals surface area (Å²) >= 11 is 0. The molecule has 0 spiro atoms. The number of likely N-dealkylation sites (N-methyl/N-ethyl adjacent to an activating group) is 1. The Morgan fingerprint density at radius 2 is 2.00 bits per heavy atom. The number of methoxy groups -OCH3 is 1. The van der Waals surface area contributed by atoms with Crippen LogP contribution < -0.4 is 15.0 Å². The van der Waals surface area contributed by atoms with Gasteiger partial charge in [0.25, 0.3) is 0 Å². The lowest BCUT2D eigenvalue weighted by Gasteiger charge is -2.20. The molecule has 0 aliphatic carbocycles. The molecule has 5 nitrogen and oxygen atoms in total. The second-order valence-electron chi connectivity index (χ2n) is 8.16. The SMILES string of the molecule is CC[NH+]1CCC[C@@H]1CNC(=O)CCc1c(-c2ccc(OC)cc2)[nH]c2ccccc12. The number of likely N-dealkylation sites (tertiary alicyclic amines) is 1. The molecule has 1 aliphatic rings. The fourth-order valence-corrected chi connectivity index (χ4v) is 4.72. The lowest BCUT2D eigenvalue weighted by molar-refractivity contribution is -0.909.